The second kappa shape index (κ2) is 9.90. The molecular formula is C21H26N4O6S. The number of anilines is 1. The molecule has 2 aliphatic heterocycles. The average Bonchev–Trinajstić information content (AvgIpc) is 2.84. The van der Waals surface area contributed by atoms with Crippen LogP contribution >= 0.6 is 0 Å². The zero-order valence-electron chi connectivity index (χ0n) is 17.6. The van der Waals surface area contributed by atoms with Crippen LogP contribution in [-0.4, -0.2) is 86.4 Å². The summed E-state index contributed by atoms with van der Waals surface area (Å²) in [6.45, 7) is 3.75. The van der Waals surface area contributed by atoms with Gasteiger partial charge in [0.25, 0.3) is 0 Å². The summed E-state index contributed by atoms with van der Waals surface area (Å²) in [5.74, 6) is -0.102. The van der Waals surface area contributed by atoms with Gasteiger partial charge in [0.2, 0.25) is 10.0 Å². The number of rotatable bonds is 7. The molecule has 0 unspecified atom stereocenters. The standard InChI is InChI=1S/C21H26N4O6S/c26-21(27)18-15-22-19(23-20(18)24-7-11-30-12-8-24)6-3-16-1-4-17(5-2-16)32(28,29)25-9-13-31-14-10-25/h1-2,4-5,15H,3,6-14H2,(H,26,27). The van der Waals surface area contributed by atoms with Crippen LogP contribution in [0.2, 0.25) is 0 Å². The number of aryl methyl sites for hydroxylation is 2. The first-order valence-electron chi connectivity index (χ1n) is 10.5. The lowest BCUT2D eigenvalue weighted by Crippen LogP contribution is -2.40. The maximum absolute atomic E-state index is 12.7. The summed E-state index contributed by atoms with van der Waals surface area (Å²) in [6, 6.07) is 6.82. The first-order valence-corrected chi connectivity index (χ1v) is 12.0. The lowest BCUT2D eigenvalue weighted by molar-refractivity contribution is 0.0695. The van der Waals surface area contributed by atoms with E-state index in [2.05, 4.69) is 9.97 Å². The maximum atomic E-state index is 12.7. The molecule has 1 N–H and O–H groups in total. The van der Waals surface area contributed by atoms with Gasteiger partial charge in [-0.25, -0.2) is 23.2 Å². The number of aromatic nitrogens is 2. The summed E-state index contributed by atoms with van der Waals surface area (Å²) in [6.07, 6.45) is 2.47. The second-order valence-corrected chi connectivity index (χ2v) is 9.53. The Kier molecular flexibility index (Phi) is 6.99. The molecule has 2 aromatic rings. The van der Waals surface area contributed by atoms with Crippen LogP contribution in [0.15, 0.2) is 35.4 Å². The molecular weight excluding hydrogens is 436 g/mol. The molecule has 2 fully saturated rings. The molecule has 0 spiro atoms. The Morgan fingerprint density at radius 2 is 1.59 bits per heavy atom. The number of benzene rings is 1. The Morgan fingerprint density at radius 3 is 2.22 bits per heavy atom. The number of ether oxygens (including phenoxy) is 2. The van der Waals surface area contributed by atoms with E-state index in [9.17, 15) is 18.3 Å². The first kappa shape index (κ1) is 22.6. The number of morpholine rings is 2. The summed E-state index contributed by atoms with van der Waals surface area (Å²) in [5.41, 5.74) is 1.03. The van der Waals surface area contributed by atoms with Crippen molar-refractivity contribution in [1.29, 1.82) is 0 Å². The van der Waals surface area contributed by atoms with Crippen molar-refractivity contribution in [2.75, 3.05) is 57.5 Å². The van der Waals surface area contributed by atoms with Crippen LogP contribution in [0, 0.1) is 0 Å². The minimum absolute atomic E-state index is 0.0772. The van der Waals surface area contributed by atoms with Crippen LogP contribution in [-0.2, 0) is 32.3 Å². The monoisotopic (exact) mass is 462 g/mol. The van der Waals surface area contributed by atoms with E-state index in [-0.39, 0.29) is 10.5 Å². The van der Waals surface area contributed by atoms with Gasteiger partial charge in [-0.3, -0.25) is 0 Å². The van der Waals surface area contributed by atoms with Gasteiger partial charge in [0.1, 0.15) is 17.2 Å². The molecule has 0 radical (unpaired) electrons. The van der Waals surface area contributed by atoms with Crippen molar-refractivity contribution < 1.29 is 27.8 Å². The largest absolute Gasteiger partial charge is 0.477 e. The van der Waals surface area contributed by atoms with Crippen molar-refractivity contribution in [2.24, 2.45) is 0 Å². The van der Waals surface area contributed by atoms with Gasteiger partial charge in [-0.15, -0.1) is 0 Å². The molecule has 0 aliphatic carbocycles. The Labute approximate surface area is 186 Å². The summed E-state index contributed by atoms with van der Waals surface area (Å²) in [4.78, 5) is 22.5. The van der Waals surface area contributed by atoms with E-state index < -0.39 is 16.0 Å². The number of carboxylic acids is 1. The fraction of sp³-hybridized carbons (Fsp3) is 0.476. The number of sulfonamides is 1. The molecule has 4 rings (SSSR count). The molecule has 0 saturated carbocycles. The minimum Gasteiger partial charge on any atom is -0.477 e. The van der Waals surface area contributed by atoms with E-state index in [1.807, 2.05) is 4.90 Å². The Hall–Kier alpha value is -2.60. The fourth-order valence-electron chi connectivity index (χ4n) is 3.72. The van der Waals surface area contributed by atoms with Gasteiger partial charge in [0.15, 0.2) is 0 Å². The van der Waals surface area contributed by atoms with E-state index in [1.165, 1.54) is 10.5 Å². The van der Waals surface area contributed by atoms with Gasteiger partial charge < -0.3 is 19.5 Å². The molecule has 10 nitrogen and oxygen atoms in total. The number of aromatic carboxylic acids is 1. The van der Waals surface area contributed by atoms with Gasteiger partial charge in [-0.1, -0.05) is 12.1 Å². The summed E-state index contributed by atoms with van der Waals surface area (Å²) < 4.78 is 37.5. The highest BCUT2D eigenvalue weighted by Crippen LogP contribution is 2.21. The van der Waals surface area contributed by atoms with E-state index in [4.69, 9.17) is 9.47 Å². The molecule has 0 bridgehead atoms. The fourth-order valence-corrected chi connectivity index (χ4v) is 5.12. The molecule has 1 aromatic carbocycles. The topological polar surface area (TPSA) is 122 Å². The minimum atomic E-state index is -3.52. The maximum Gasteiger partial charge on any atom is 0.341 e. The van der Waals surface area contributed by atoms with Crippen LogP contribution in [0.5, 0.6) is 0 Å². The van der Waals surface area contributed by atoms with Gasteiger partial charge in [0.05, 0.1) is 31.3 Å². The van der Waals surface area contributed by atoms with E-state index >= 15 is 0 Å². The quantitative estimate of drug-likeness (QED) is 0.637. The zero-order chi connectivity index (χ0) is 22.6. The van der Waals surface area contributed by atoms with Gasteiger partial charge in [-0.2, -0.15) is 4.31 Å². The van der Waals surface area contributed by atoms with Crippen molar-refractivity contribution in [2.45, 2.75) is 17.7 Å². The Morgan fingerprint density at radius 1 is 0.969 bits per heavy atom. The van der Waals surface area contributed by atoms with E-state index in [0.29, 0.717) is 77.1 Å². The summed E-state index contributed by atoms with van der Waals surface area (Å²) >= 11 is 0. The Bertz CT molecular complexity index is 1050. The van der Waals surface area contributed by atoms with Gasteiger partial charge >= 0.3 is 5.97 Å². The third-order valence-corrected chi connectivity index (χ3v) is 7.44. The van der Waals surface area contributed by atoms with Crippen molar-refractivity contribution in [3.05, 3.63) is 47.4 Å². The van der Waals surface area contributed by atoms with Crippen LogP contribution in [0.1, 0.15) is 21.7 Å². The number of carboxylic acid groups (broad SMARTS) is 1. The van der Waals surface area contributed by atoms with Crippen molar-refractivity contribution >= 4 is 21.8 Å². The summed E-state index contributed by atoms with van der Waals surface area (Å²) in [7, 11) is -3.52. The second-order valence-electron chi connectivity index (χ2n) is 7.59. The normalized spacial score (nSPS) is 17.9. The zero-order valence-corrected chi connectivity index (χ0v) is 18.5. The predicted octanol–water partition coefficient (Wildman–Crippen LogP) is 0.818. The van der Waals surface area contributed by atoms with Crippen LogP contribution in [0.25, 0.3) is 0 Å². The third kappa shape index (κ3) is 5.07. The predicted molar refractivity (Wildman–Crippen MR) is 115 cm³/mol. The van der Waals surface area contributed by atoms with Crippen LogP contribution in [0.3, 0.4) is 0 Å². The highest BCUT2D eigenvalue weighted by atomic mass is 32.2. The number of hydrogen-bond donors (Lipinski definition) is 1. The lowest BCUT2D eigenvalue weighted by Gasteiger charge is -2.28. The smallest absolute Gasteiger partial charge is 0.341 e. The molecule has 2 aliphatic rings. The molecule has 1 aromatic heterocycles. The lowest BCUT2D eigenvalue weighted by atomic mass is 10.1. The highest BCUT2D eigenvalue weighted by Gasteiger charge is 2.26. The SMILES string of the molecule is O=C(O)c1cnc(CCc2ccc(S(=O)(=O)N3CCOCC3)cc2)nc1N1CCOCC1. The van der Waals surface area contributed by atoms with Crippen LogP contribution in [0.4, 0.5) is 5.82 Å². The highest BCUT2D eigenvalue weighted by molar-refractivity contribution is 7.89. The van der Waals surface area contributed by atoms with Crippen molar-refractivity contribution in [3.63, 3.8) is 0 Å². The van der Waals surface area contributed by atoms with Gasteiger partial charge in [-0.05, 0) is 24.1 Å². The summed E-state index contributed by atoms with van der Waals surface area (Å²) in [5, 5.41) is 9.48. The van der Waals surface area contributed by atoms with Gasteiger partial charge in [0, 0.05) is 38.8 Å². The Balaban J connectivity index is 1.44. The number of nitrogens with zero attached hydrogens (tertiary/aromatic N) is 4. The molecule has 172 valence electrons. The van der Waals surface area contributed by atoms with E-state index in [0.717, 1.165) is 5.56 Å². The molecule has 3 heterocycles. The number of hydrogen-bond acceptors (Lipinski definition) is 8. The van der Waals surface area contributed by atoms with Crippen molar-refractivity contribution in [3.8, 4) is 0 Å². The average molecular weight is 463 g/mol. The van der Waals surface area contributed by atoms with Crippen LogP contribution < -0.4 is 4.90 Å². The number of carbonyl (C=O) groups is 1. The first-order chi connectivity index (χ1) is 15.4. The van der Waals surface area contributed by atoms with E-state index in [1.54, 1.807) is 24.3 Å². The molecule has 0 amide bonds. The molecule has 0 atom stereocenters. The molecule has 11 heteroatoms. The molecule has 32 heavy (non-hydrogen) atoms. The molecule has 2 saturated heterocycles. The third-order valence-electron chi connectivity index (χ3n) is 5.53. The van der Waals surface area contributed by atoms with Crippen molar-refractivity contribution in [1.82, 2.24) is 14.3 Å².